The normalized spacial score (nSPS) is 25.8. The molecule has 1 aromatic rings. The smallest absolute Gasteiger partial charge is 0.269 e. The highest BCUT2D eigenvalue weighted by molar-refractivity contribution is 5.99. The number of hydrazine groups is 1. The molecule has 0 bridgehead atoms. The van der Waals surface area contributed by atoms with Crippen LogP contribution in [0.1, 0.15) is 55.6 Å². The van der Waals surface area contributed by atoms with Gasteiger partial charge in [0.15, 0.2) is 0 Å². The van der Waals surface area contributed by atoms with Crippen LogP contribution in [0, 0.1) is 5.41 Å². The molecule has 3 rings (SSSR count). The number of amides is 1. The number of ether oxygens (including phenoxy) is 1. The van der Waals surface area contributed by atoms with Crippen molar-refractivity contribution in [2.24, 2.45) is 5.41 Å². The molecule has 0 aliphatic carbocycles. The first kappa shape index (κ1) is 15.5. The minimum absolute atomic E-state index is 0.0114. The zero-order valence-corrected chi connectivity index (χ0v) is 14.0. The Morgan fingerprint density at radius 1 is 1.27 bits per heavy atom. The Morgan fingerprint density at radius 2 is 2.00 bits per heavy atom. The summed E-state index contributed by atoms with van der Waals surface area (Å²) in [5.74, 6) is 0.138. The molecule has 0 aromatic heterocycles. The second-order valence-corrected chi connectivity index (χ2v) is 7.42. The van der Waals surface area contributed by atoms with Crippen LogP contribution in [0.15, 0.2) is 24.3 Å². The average Bonchev–Trinajstić information content (AvgIpc) is 3.02. The van der Waals surface area contributed by atoms with E-state index in [1.807, 2.05) is 23.2 Å². The van der Waals surface area contributed by atoms with Gasteiger partial charge in [-0.15, -0.1) is 0 Å². The molecule has 2 aliphatic heterocycles. The number of hydrogen-bond acceptors (Lipinski definition) is 3. The molecule has 4 heteroatoms. The van der Waals surface area contributed by atoms with E-state index in [9.17, 15) is 4.79 Å². The lowest BCUT2D eigenvalue weighted by Crippen LogP contribution is -2.51. The van der Waals surface area contributed by atoms with Crippen LogP contribution in [0.25, 0.3) is 0 Å². The predicted molar refractivity (Wildman–Crippen MR) is 86.4 cm³/mol. The first-order chi connectivity index (χ1) is 10.4. The molecule has 1 fully saturated rings. The molecule has 0 spiro atoms. The average molecular weight is 302 g/mol. The van der Waals surface area contributed by atoms with Gasteiger partial charge >= 0.3 is 0 Å². The summed E-state index contributed by atoms with van der Waals surface area (Å²) in [6.45, 7) is 8.24. The molecular formula is C18H26N2O2. The van der Waals surface area contributed by atoms with Gasteiger partial charge in [-0.05, 0) is 29.9 Å². The minimum Gasteiger partial charge on any atom is -0.383 e. The summed E-state index contributed by atoms with van der Waals surface area (Å²) in [5.41, 5.74) is 2.00. The Bertz CT molecular complexity index is 564. The molecule has 1 aromatic carbocycles. The van der Waals surface area contributed by atoms with Crippen LogP contribution in [0.5, 0.6) is 0 Å². The Balaban J connectivity index is 2.01. The lowest BCUT2D eigenvalue weighted by atomic mass is 9.82. The van der Waals surface area contributed by atoms with Gasteiger partial charge < -0.3 is 4.74 Å². The van der Waals surface area contributed by atoms with Crippen molar-refractivity contribution in [3.63, 3.8) is 0 Å². The zero-order chi connectivity index (χ0) is 15.9. The van der Waals surface area contributed by atoms with Gasteiger partial charge in [0.25, 0.3) is 5.91 Å². The molecule has 0 radical (unpaired) electrons. The van der Waals surface area contributed by atoms with Crippen LogP contribution < -0.4 is 0 Å². The van der Waals surface area contributed by atoms with Gasteiger partial charge in [-0.3, -0.25) is 9.80 Å². The van der Waals surface area contributed by atoms with Gasteiger partial charge in [0.2, 0.25) is 0 Å². The second-order valence-electron chi connectivity index (χ2n) is 7.42. The topological polar surface area (TPSA) is 32.8 Å². The van der Waals surface area contributed by atoms with Gasteiger partial charge in [0.05, 0.1) is 18.7 Å². The van der Waals surface area contributed by atoms with E-state index in [2.05, 4.69) is 31.8 Å². The molecule has 4 nitrogen and oxygen atoms in total. The standard InChI is InChI=1S/C18H26N2O2/c1-18(2,3)16-14-9-5-6-10-15(14)17(21)20(16)19-11-7-8-13(19)12-22-4/h5-6,9-10,13,16H,7-8,11-12H2,1-4H3/t13-,16-/m0/s1. The number of rotatable bonds is 3. The summed E-state index contributed by atoms with van der Waals surface area (Å²) in [6, 6.07) is 8.44. The molecule has 120 valence electrons. The summed E-state index contributed by atoms with van der Waals surface area (Å²) in [4.78, 5) is 13.0. The maximum Gasteiger partial charge on any atom is 0.269 e. The summed E-state index contributed by atoms with van der Waals surface area (Å²) in [6.07, 6.45) is 2.20. The second kappa shape index (κ2) is 5.67. The van der Waals surface area contributed by atoms with Crippen molar-refractivity contribution in [1.82, 2.24) is 10.0 Å². The molecule has 0 unspecified atom stereocenters. The Hall–Kier alpha value is -1.39. The quantitative estimate of drug-likeness (QED) is 0.859. The third-order valence-corrected chi connectivity index (χ3v) is 4.74. The first-order valence-corrected chi connectivity index (χ1v) is 8.13. The van der Waals surface area contributed by atoms with Crippen LogP contribution in [-0.2, 0) is 4.74 Å². The van der Waals surface area contributed by atoms with Crippen molar-refractivity contribution in [3.05, 3.63) is 35.4 Å². The van der Waals surface area contributed by atoms with E-state index < -0.39 is 0 Å². The van der Waals surface area contributed by atoms with E-state index in [0.29, 0.717) is 12.6 Å². The van der Waals surface area contributed by atoms with E-state index in [4.69, 9.17) is 4.74 Å². The van der Waals surface area contributed by atoms with Crippen molar-refractivity contribution in [1.29, 1.82) is 0 Å². The fourth-order valence-electron chi connectivity index (χ4n) is 3.87. The summed E-state index contributed by atoms with van der Waals surface area (Å²) in [5, 5.41) is 4.27. The van der Waals surface area contributed by atoms with Crippen LogP contribution in [0.4, 0.5) is 0 Å². The van der Waals surface area contributed by atoms with Crippen molar-refractivity contribution in [3.8, 4) is 0 Å². The van der Waals surface area contributed by atoms with Crippen LogP contribution in [-0.4, -0.2) is 42.2 Å². The van der Waals surface area contributed by atoms with Gasteiger partial charge in [0.1, 0.15) is 0 Å². The highest BCUT2D eigenvalue weighted by Crippen LogP contribution is 2.46. The predicted octanol–water partition coefficient (Wildman–Crippen LogP) is 3.26. The fraction of sp³-hybridized carbons (Fsp3) is 0.611. The lowest BCUT2D eigenvalue weighted by molar-refractivity contribution is -0.0777. The SMILES string of the molecule is COC[C@@H]1CCCN1N1C(=O)c2ccccc2[C@H]1C(C)(C)C. The number of methoxy groups -OCH3 is 1. The summed E-state index contributed by atoms with van der Waals surface area (Å²) < 4.78 is 5.37. The molecular weight excluding hydrogens is 276 g/mol. The Kier molecular flexibility index (Phi) is 4.00. The van der Waals surface area contributed by atoms with E-state index in [0.717, 1.165) is 30.5 Å². The third kappa shape index (κ3) is 2.44. The molecule has 2 heterocycles. The molecule has 22 heavy (non-hydrogen) atoms. The van der Waals surface area contributed by atoms with Crippen LogP contribution in [0.2, 0.25) is 0 Å². The summed E-state index contributed by atoms with van der Waals surface area (Å²) in [7, 11) is 1.73. The monoisotopic (exact) mass is 302 g/mol. The number of benzene rings is 1. The van der Waals surface area contributed by atoms with Crippen molar-refractivity contribution in [2.75, 3.05) is 20.3 Å². The number of carbonyl (C=O) groups is 1. The minimum atomic E-state index is -0.0114. The molecule has 1 amide bonds. The van der Waals surface area contributed by atoms with Gasteiger partial charge in [-0.1, -0.05) is 39.0 Å². The zero-order valence-electron chi connectivity index (χ0n) is 14.0. The van der Waals surface area contributed by atoms with Gasteiger partial charge in [0, 0.05) is 19.2 Å². The van der Waals surface area contributed by atoms with E-state index in [1.165, 1.54) is 0 Å². The number of fused-ring (bicyclic) bond motifs is 1. The highest BCUT2D eigenvalue weighted by atomic mass is 16.5. The van der Waals surface area contributed by atoms with Crippen molar-refractivity contribution >= 4 is 5.91 Å². The molecule has 0 saturated carbocycles. The molecule has 2 atom stereocenters. The van der Waals surface area contributed by atoms with Crippen LogP contribution in [0.3, 0.4) is 0 Å². The molecule has 1 saturated heterocycles. The van der Waals surface area contributed by atoms with E-state index in [1.54, 1.807) is 7.11 Å². The van der Waals surface area contributed by atoms with Crippen molar-refractivity contribution < 1.29 is 9.53 Å². The molecule has 0 N–H and O–H groups in total. The van der Waals surface area contributed by atoms with Crippen molar-refractivity contribution in [2.45, 2.75) is 45.7 Å². The number of nitrogens with zero attached hydrogens (tertiary/aromatic N) is 2. The van der Waals surface area contributed by atoms with Crippen LogP contribution >= 0.6 is 0 Å². The maximum atomic E-state index is 13.0. The number of hydrogen-bond donors (Lipinski definition) is 0. The first-order valence-electron chi connectivity index (χ1n) is 8.13. The maximum absolute atomic E-state index is 13.0. The van der Waals surface area contributed by atoms with Gasteiger partial charge in [-0.2, -0.15) is 0 Å². The number of carbonyl (C=O) groups excluding carboxylic acids is 1. The van der Waals surface area contributed by atoms with E-state index in [-0.39, 0.29) is 17.4 Å². The highest BCUT2D eigenvalue weighted by Gasteiger charge is 2.47. The van der Waals surface area contributed by atoms with E-state index >= 15 is 0 Å². The lowest BCUT2D eigenvalue weighted by Gasteiger charge is -2.42. The molecule has 2 aliphatic rings. The third-order valence-electron chi connectivity index (χ3n) is 4.74. The fourth-order valence-corrected chi connectivity index (χ4v) is 3.87. The van der Waals surface area contributed by atoms with Gasteiger partial charge in [-0.25, -0.2) is 5.01 Å². The largest absolute Gasteiger partial charge is 0.383 e. The Morgan fingerprint density at radius 3 is 2.68 bits per heavy atom. The Labute approximate surface area is 133 Å². The summed E-state index contributed by atoms with van der Waals surface area (Å²) >= 11 is 0.